The highest BCUT2D eigenvalue weighted by Gasteiger charge is 2.28. The molecule has 5 N–H and O–H groups in total. The second-order valence-corrected chi connectivity index (χ2v) is 5.80. The maximum absolute atomic E-state index is 13.9. The van der Waals surface area contributed by atoms with E-state index >= 15 is 0 Å². The van der Waals surface area contributed by atoms with Crippen molar-refractivity contribution < 1.29 is 28.9 Å². The van der Waals surface area contributed by atoms with Crippen molar-refractivity contribution in [2.45, 2.75) is 26.2 Å². The van der Waals surface area contributed by atoms with E-state index in [0.717, 1.165) is 25.0 Å². The molecule has 0 saturated carbocycles. The van der Waals surface area contributed by atoms with Crippen LogP contribution >= 0.6 is 0 Å². The maximum atomic E-state index is 13.9. The first kappa shape index (κ1) is 20.0. The predicted molar refractivity (Wildman–Crippen MR) is 95.8 cm³/mol. The van der Waals surface area contributed by atoms with E-state index in [1.807, 2.05) is 11.9 Å². The standard InChI is InChI=1S/C18H19FN2O6/c1-2-3-4-7-27-11-6-5-9(19)8-10(11)12-13(17(23)24)15(20)21-16(22)14(12)18(25)26/h5-6,8H,2-4,7H2,1H3,(H,23,24)(H,25,26)(H3,20,21,22). The Hall–Kier alpha value is -3.36. The maximum Gasteiger partial charge on any atom is 0.342 e. The van der Waals surface area contributed by atoms with Crippen LogP contribution in [-0.4, -0.2) is 33.7 Å². The van der Waals surface area contributed by atoms with Crippen LogP contribution in [0.2, 0.25) is 0 Å². The zero-order valence-corrected chi connectivity index (χ0v) is 14.5. The molecule has 144 valence electrons. The number of rotatable bonds is 8. The largest absolute Gasteiger partial charge is 0.493 e. The van der Waals surface area contributed by atoms with Crippen LogP contribution in [0.25, 0.3) is 11.1 Å². The molecule has 27 heavy (non-hydrogen) atoms. The molecule has 8 nitrogen and oxygen atoms in total. The lowest BCUT2D eigenvalue weighted by molar-refractivity contribution is 0.0695. The van der Waals surface area contributed by atoms with E-state index in [-0.39, 0.29) is 17.9 Å². The monoisotopic (exact) mass is 378 g/mol. The van der Waals surface area contributed by atoms with Gasteiger partial charge in [0.15, 0.2) is 0 Å². The quantitative estimate of drug-likeness (QED) is 0.517. The summed E-state index contributed by atoms with van der Waals surface area (Å²) >= 11 is 0. The van der Waals surface area contributed by atoms with Crippen molar-refractivity contribution in [3.63, 3.8) is 0 Å². The van der Waals surface area contributed by atoms with Gasteiger partial charge >= 0.3 is 11.9 Å². The van der Waals surface area contributed by atoms with Gasteiger partial charge in [0.25, 0.3) is 5.56 Å². The van der Waals surface area contributed by atoms with Gasteiger partial charge in [0.05, 0.1) is 6.61 Å². The lowest BCUT2D eigenvalue weighted by Crippen LogP contribution is -2.24. The number of unbranched alkanes of at least 4 members (excludes halogenated alkanes) is 2. The number of carbonyl (C=O) groups is 2. The zero-order chi connectivity index (χ0) is 20.1. The van der Waals surface area contributed by atoms with Crippen molar-refractivity contribution in [2.24, 2.45) is 0 Å². The Balaban J connectivity index is 2.76. The molecule has 0 amide bonds. The highest BCUT2D eigenvalue weighted by atomic mass is 19.1. The van der Waals surface area contributed by atoms with E-state index in [4.69, 9.17) is 10.5 Å². The van der Waals surface area contributed by atoms with Gasteiger partial charge in [-0.3, -0.25) is 4.79 Å². The van der Waals surface area contributed by atoms with Gasteiger partial charge < -0.3 is 25.7 Å². The molecule has 0 saturated heterocycles. The number of hydrogen-bond donors (Lipinski definition) is 4. The van der Waals surface area contributed by atoms with Gasteiger partial charge in [-0.25, -0.2) is 14.0 Å². The number of carboxylic acid groups (broad SMARTS) is 2. The molecule has 1 aromatic carbocycles. The summed E-state index contributed by atoms with van der Waals surface area (Å²) in [5.41, 5.74) is 2.33. The molecule has 1 aromatic heterocycles. The van der Waals surface area contributed by atoms with E-state index in [1.165, 1.54) is 6.07 Å². The lowest BCUT2D eigenvalue weighted by atomic mass is 9.94. The molecular formula is C18H19FN2O6. The van der Waals surface area contributed by atoms with Crippen LogP contribution in [0.15, 0.2) is 23.0 Å². The Labute approximate surface area is 153 Å². The molecule has 0 aliphatic heterocycles. The summed E-state index contributed by atoms with van der Waals surface area (Å²) < 4.78 is 19.5. The summed E-state index contributed by atoms with van der Waals surface area (Å²) in [5, 5.41) is 18.9. The van der Waals surface area contributed by atoms with Crippen LogP contribution in [0.1, 0.15) is 46.9 Å². The number of anilines is 1. The van der Waals surface area contributed by atoms with Crippen molar-refractivity contribution >= 4 is 17.8 Å². The SMILES string of the molecule is CCCCCOc1ccc(F)cc1-c1c(C(=O)O)c(N)[nH]c(=O)c1C(=O)O. The molecule has 2 aromatic rings. The number of aromatic nitrogens is 1. The Morgan fingerprint density at radius 1 is 1.19 bits per heavy atom. The number of hydrogen-bond acceptors (Lipinski definition) is 5. The molecular weight excluding hydrogens is 359 g/mol. The van der Waals surface area contributed by atoms with Crippen LogP contribution < -0.4 is 16.0 Å². The molecule has 0 aliphatic carbocycles. The first-order valence-electron chi connectivity index (χ1n) is 8.23. The predicted octanol–water partition coefficient (Wildman–Crippen LogP) is 2.73. The fourth-order valence-electron chi connectivity index (χ4n) is 2.67. The number of nitrogen functional groups attached to an aromatic ring is 1. The summed E-state index contributed by atoms with van der Waals surface area (Å²) in [4.78, 5) is 37.4. The Morgan fingerprint density at radius 3 is 2.44 bits per heavy atom. The third-order valence-electron chi connectivity index (χ3n) is 3.89. The molecule has 0 bridgehead atoms. The second-order valence-electron chi connectivity index (χ2n) is 5.80. The summed E-state index contributed by atoms with van der Waals surface area (Å²) in [5.74, 6) is -4.47. The smallest absolute Gasteiger partial charge is 0.342 e. The van der Waals surface area contributed by atoms with Gasteiger partial charge in [0.1, 0.15) is 28.5 Å². The molecule has 2 rings (SSSR count). The molecule has 0 aliphatic rings. The molecule has 1 heterocycles. The van der Waals surface area contributed by atoms with Gasteiger partial charge in [0.2, 0.25) is 0 Å². The highest BCUT2D eigenvalue weighted by molar-refractivity contribution is 6.08. The van der Waals surface area contributed by atoms with Crippen molar-refractivity contribution in [2.75, 3.05) is 12.3 Å². The van der Waals surface area contributed by atoms with Crippen LogP contribution in [0.4, 0.5) is 10.2 Å². The van der Waals surface area contributed by atoms with Crippen LogP contribution in [-0.2, 0) is 0 Å². The Bertz CT molecular complexity index is 938. The number of carboxylic acids is 2. The van der Waals surface area contributed by atoms with Gasteiger partial charge in [-0.15, -0.1) is 0 Å². The number of aromatic amines is 1. The summed E-state index contributed by atoms with van der Waals surface area (Å²) in [6.45, 7) is 2.26. The van der Waals surface area contributed by atoms with Gasteiger partial charge in [-0.05, 0) is 24.6 Å². The average molecular weight is 378 g/mol. The molecule has 0 radical (unpaired) electrons. The van der Waals surface area contributed by atoms with Crippen molar-refractivity contribution in [3.8, 4) is 16.9 Å². The summed E-state index contributed by atoms with van der Waals surface area (Å²) in [6.07, 6.45) is 2.52. The fourth-order valence-corrected chi connectivity index (χ4v) is 2.67. The third kappa shape index (κ3) is 4.25. The van der Waals surface area contributed by atoms with Crippen LogP contribution in [0.5, 0.6) is 5.75 Å². The Kier molecular flexibility index (Phi) is 6.17. The molecule has 0 fully saturated rings. The highest BCUT2D eigenvalue weighted by Crippen LogP contribution is 2.36. The molecule has 0 spiro atoms. The zero-order valence-electron chi connectivity index (χ0n) is 14.5. The first-order valence-corrected chi connectivity index (χ1v) is 8.23. The van der Waals surface area contributed by atoms with Crippen LogP contribution in [0, 0.1) is 5.82 Å². The van der Waals surface area contributed by atoms with Crippen molar-refractivity contribution in [1.29, 1.82) is 0 Å². The summed E-state index contributed by atoms with van der Waals surface area (Å²) in [6, 6.07) is 3.27. The van der Waals surface area contributed by atoms with Crippen molar-refractivity contribution in [3.05, 3.63) is 45.5 Å². The van der Waals surface area contributed by atoms with E-state index in [2.05, 4.69) is 0 Å². The number of nitrogens with one attached hydrogen (secondary N) is 1. The minimum Gasteiger partial charge on any atom is -0.493 e. The Morgan fingerprint density at radius 2 is 1.85 bits per heavy atom. The second kappa shape index (κ2) is 8.35. The topological polar surface area (TPSA) is 143 Å². The molecule has 9 heteroatoms. The minimum absolute atomic E-state index is 0.0579. The van der Waals surface area contributed by atoms with E-state index < -0.39 is 45.8 Å². The number of aromatic carboxylic acids is 2. The number of ether oxygens (including phenoxy) is 1. The first-order chi connectivity index (χ1) is 12.8. The van der Waals surface area contributed by atoms with Gasteiger partial charge in [0, 0.05) is 11.1 Å². The average Bonchev–Trinajstić information content (AvgIpc) is 2.58. The minimum atomic E-state index is -1.67. The van der Waals surface area contributed by atoms with Gasteiger partial charge in [-0.1, -0.05) is 19.8 Å². The fraction of sp³-hybridized carbons (Fsp3) is 0.278. The number of halogens is 1. The van der Waals surface area contributed by atoms with E-state index in [0.29, 0.717) is 6.42 Å². The number of nitrogens with two attached hydrogens (primary N) is 1. The number of pyridine rings is 1. The summed E-state index contributed by atoms with van der Waals surface area (Å²) in [7, 11) is 0. The third-order valence-corrected chi connectivity index (χ3v) is 3.89. The number of benzene rings is 1. The van der Waals surface area contributed by atoms with Crippen LogP contribution in [0.3, 0.4) is 0 Å². The molecule has 0 atom stereocenters. The molecule has 0 unspecified atom stereocenters. The van der Waals surface area contributed by atoms with E-state index in [9.17, 15) is 29.0 Å². The lowest BCUT2D eigenvalue weighted by Gasteiger charge is -2.16. The normalized spacial score (nSPS) is 10.6. The van der Waals surface area contributed by atoms with E-state index in [1.54, 1.807) is 0 Å². The van der Waals surface area contributed by atoms with Gasteiger partial charge in [-0.2, -0.15) is 0 Å². The number of H-pyrrole nitrogens is 1. The van der Waals surface area contributed by atoms with Crippen molar-refractivity contribution in [1.82, 2.24) is 4.98 Å².